The zero-order chi connectivity index (χ0) is 22.0. The van der Waals surface area contributed by atoms with E-state index < -0.39 is 17.6 Å². The lowest BCUT2D eigenvalue weighted by Gasteiger charge is -2.34. The molecule has 9 nitrogen and oxygen atoms in total. The summed E-state index contributed by atoms with van der Waals surface area (Å²) in [4.78, 5) is 24.9. The first-order valence-corrected chi connectivity index (χ1v) is 9.52. The predicted molar refractivity (Wildman–Crippen MR) is 108 cm³/mol. The highest BCUT2D eigenvalue weighted by molar-refractivity contribution is 6.11. The zero-order valence-corrected chi connectivity index (χ0v) is 16.2. The van der Waals surface area contributed by atoms with Crippen LogP contribution in [-0.2, 0) is 6.18 Å². The van der Waals surface area contributed by atoms with Gasteiger partial charge in [-0.25, -0.2) is 4.98 Å². The van der Waals surface area contributed by atoms with E-state index in [0.717, 1.165) is 6.20 Å². The Morgan fingerprint density at radius 2 is 2.19 bits per heavy atom. The van der Waals surface area contributed by atoms with Crippen LogP contribution >= 0.6 is 0 Å². The smallest absolute Gasteiger partial charge is 0.368 e. The first kappa shape index (κ1) is 20.6. The molecule has 1 aliphatic rings. The Morgan fingerprint density at radius 3 is 2.90 bits per heavy atom. The second kappa shape index (κ2) is 8.20. The number of aromatic amines is 1. The van der Waals surface area contributed by atoms with Crippen LogP contribution in [0.15, 0.2) is 47.3 Å². The summed E-state index contributed by atoms with van der Waals surface area (Å²) in [6.07, 6.45) is 1.77. The van der Waals surface area contributed by atoms with Crippen LogP contribution in [0.4, 0.5) is 24.5 Å². The number of carbonyl (C=O) groups excluding carboxylic acids is 1. The molecule has 31 heavy (non-hydrogen) atoms. The number of anilines is 2. The van der Waals surface area contributed by atoms with Gasteiger partial charge in [0, 0.05) is 37.9 Å². The van der Waals surface area contributed by atoms with E-state index in [-0.39, 0.29) is 40.6 Å². The summed E-state index contributed by atoms with van der Waals surface area (Å²) >= 11 is 0. The molecule has 1 saturated heterocycles. The number of carbonyl (C=O) groups is 1. The summed E-state index contributed by atoms with van der Waals surface area (Å²) in [5.74, 6) is 4.65. The molecule has 0 aromatic carbocycles. The first-order valence-electron chi connectivity index (χ1n) is 9.52. The highest BCUT2D eigenvalue weighted by atomic mass is 19.4. The maximum atomic E-state index is 13.9. The van der Waals surface area contributed by atoms with Crippen molar-refractivity contribution in [1.82, 2.24) is 15.0 Å². The number of hydrogen-bond donors (Lipinski definition) is 3. The monoisotopic (exact) mass is 432 g/mol. The van der Waals surface area contributed by atoms with Crippen LogP contribution in [0.2, 0.25) is 0 Å². The molecule has 3 aromatic heterocycles. The van der Waals surface area contributed by atoms with Gasteiger partial charge in [0.25, 0.3) is 5.91 Å². The Balaban J connectivity index is 1.82. The largest absolute Gasteiger partial charge is 0.419 e. The van der Waals surface area contributed by atoms with E-state index in [0.29, 0.717) is 19.4 Å². The van der Waals surface area contributed by atoms with Crippen molar-refractivity contribution >= 4 is 28.3 Å². The molecule has 0 aliphatic carbocycles. The quantitative estimate of drug-likeness (QED) is 0.331. The van der Waals surface area contributed by atoms with Crippen LogP contribution in [0, 0.1) is 0 Å². The van der Waals surface area contributed by atoms with Crippen LogP contribution in [0.3, 0.4) is 0 Å². The van der Waals surface area contributed by atoms with E-state index in [1.54, 1.807) is 17.0 Å². The maximum Gasteiger partial charge on any atom is 0.419 e. The SMILES string of the molecule is NN=N[C@@H]1CCCN(c2c(C(F)(F)F)cnc3[nH]cc(NC(=O)c4cccnc4)c23)C1. The van der Waals surface area contributed by atoms with E-state index in [1.165, 1.54) is 18.6 Å². The number of amides is 1. The number of alkyl halides is 3. The molecule has 1 atom stereocenters. The zero-order valence-electron chi connectivity index (χ0n) is 16.2. The number of hydrogen-bond acceptors (Lipinski definition) is 6. The fraction of sp³-hybridized carbons (Fsp3) is 0.316. The van der Waals surface area contributed by atoms with Gasteiger partial charge in [-0.15, -0.1) is 0 Å². The number of nitrogens with zero attached hydrogens (tertiary/aromatic N) is 5. The Labute approximate surface area is 174 Å². The number of pyridine rings is 2. The minimum absolute atomic E-state index is 0.0582. The molecule has 1 aliphatic heterocycles. The van der Waals surface area contributed by atoms with Crippen LogP contribution in [0.5, 0.6) is 0 Å². The number of H-pyrrole nitrogens is 1. The molecule has 4 rings (SSSR count). The Hall–Kier alpha value is -3.70. The number of nitrogens with two attached hydrogens (primary N) is 1. The molecule has 4 N–H and O–H groups in total. The summed E-state index contributed by atoms with van der Waals surface area (Å²) in [7, 11) is 0. The van der Waals surface area contributed by atoms with Gasteiger partial charge in [-0.05, 0) is 25.0 Å². The van der Waals surface area contributed by atoms with Crippen LogP contribution in [0.25, 0.3) is 11.0 Å². The lowest BCUT2D eigenvalue weighted by atomic mass is 10.0. The van der Waals surface area contributed by atoms with Gasteiger partial charge in [-0.1, -0.05) is 5.22 Å². The number of aromatic nitrogens is 3. The topological polar surface area (TPSA) is 125 Å². The van der Waals surface area contributed by atoms with E-state index >= 15 is 0 Å². The standard InChI is InChI=1S/C19H19F3N8O/c20-19(21,22)13-8-25-17-15(16(13)30-6-2-4-12(10-30)28-29-23)14(9-26-17)27-18(31)11-3-1-5-24-7-11/h1,3,5,7-9,12H,2,4,6,10H2,(H2,23,28)(H,25,26)(H,27,31)/t12-/m1/s1. The van der Waals surface area contributed by atoms with Gasteiger partial charge in [0.05, 0.1) is 33.9 Å². The minimum Gasteiger partial charge on any atom is -0.368 e. The highest BCUT2D eigenvalue weighted by Gasteiger charge is 2.38. The maximum absolute atomic E-state index is 13.9. The molecule has 12 heteroatoms. The molecule has 4 heterocycles. The summed E-state index contributed by atoms with van der Waals surface area (Å²) < 4.78 is 41.7. The Kier molecular flexibility index (Phi) is 5.44. The fourth-order valence-electron chi connectivity index (χ4n) is 3.75. The van der Waals surface area contributed by atoms with E-state index in [9.17, 15) is 18.0 Å². The summed E-state index contributed by atoms with van der Waals surface area (Å²) in [5.41, 5.74) is -0.245. The van der Waals surface area contributed by atoms with Crippen LogP contribution < -0.4 is 16.1 Å². The highest BCUT2D eigenvalue weighted by Crippen LogP contribution is 2.43. The van der Waals surface area contributed by atoms with Crippen molar-refractivity contribution in [2.45, 2.75) is 25.1 Å². The van der Waals surface area contributed by atoms with Gasteiger partial charge >= 0.3 is 6.18 Å². The van der Waals surface area contributed by atoms with Crippen molar-refractivity contribution in [2.24, 2.45) is 16.2 Å². The Bertz CT molecular complexity index is 1110. The van der Waals surface area contributed by atoms with E-state index in [1.807, 2.05) is 0 Å². The van der Waals surface area contributed by atoms with Gasteiger partial charge in [0.1, 0.15) is 5.65 Å². The number of fused-ring (bicyclic) bond motifs is 1. The van der Waals surface area contributed by atoms with Crippen LogP contribution in [-0.4, -0.2) is 40.0 Å². The third kappa shape index (κ3) is 4.13. The molecular weight excluding hydrogens is 413 g/mol. The summed E-state index contributed by atoms with van der Waals surface area (Å²) in [5, 5.41) is 10.1. The molecule has 1 amide bonds. The van der Waals surface area contributed by atoms with E-state index in [2.05, 4.69) is 30.6 Å². The minimum atomic E-state index is -4.64. The fourth-order valence-corrected chi connectivity index (χ4v) is 3.75. The van der Waals surface area contributed by atoms with Crippen molar-refractivity contribution in [3.63, 3.8) is 0 Å². The van der Waals surface area contributed by atoms with Crippen molar-refractivity contribution in [1.29, 1.82) is 0 Å². The van der Waals surface area contributed by atoms with Crippen molar-refractivity contribution < 1.29 is 18.0 Å². The van der Waals surface area contributed by atoms with Gasteiger partial charge in [0.2, 0.25) is 0 Å². The Morgan fingerprint density at radius 1 is 1.35 bits per heavy atom. The average Bonchev–Trinajstić information content (AvgIpc) is 3.16. The lowest BCUT2D eigenvalue weighted by Crippen LogP contribution is -2.38. The summed E-state index contributed by atoms with van der Waals surface area (Å²) in [6.45, 7) is 0.601. The average molecular weight is 432 g/mol. The van der Waals surface area contributed by atoms with Crippen molar-refractivity contribution in [3.05, 3.63) is 48.0 Å². The summed E-state index contributed by atoms with van der Waals surface area (Å²) in [6, 6.07) is 2.83. The molecule has 0 spiro atoms. The van der Waals surface area contributed by atoms with Gasteiger partial charge in [0.15, 0.2) is 0 Å². The molecule has 1 fully saturated rings. The van der Waals surface area contributed by atoms with Crippen molar-refractivity contribution in [2.75, 3.05) is 23.3 Å². The predicted octanol–water partition coefficient (Wildman–Crippen LogP) is 3.52. The number of halogens is 3. The van der Waals surface area contributed by atoms with Gasteiger partial charge < -0.3 is 21.0 Å². The second-order valence-corrected chi connectivity index (χ2v) is 7.11. The molecule has 0 radical (unpaired) electrons. The molecular formula is C19H19F3N8O. The van der Waals surface area contributed by atoms with Gasteiger partial charge in [-0.3, -0.25) is 9.78 Å². The van der Waals surface area contributed by atoms with Gasteiger partial charge in [-0.2, -0.15) is 18.3 Å². The van der Waals surface area contributed by atoms with E-state index in [4.69, 9.17) is 5.84 Å². The second-order valence-electron chi connectivity index (χ2n) is 7.11. The number of piperidine rings is 1. The third-order valence-corrected chi connectivity index (χ3v) is 5.09. The first-order chi connectivity index (χ1) is 14.9. The molecule has 0 unspecified atom stereocenters. The van der Waals surface area contributed by atoms with Crippen LogP contribution in [0.1, 0.15) is 28.8 Å². The normalized spacial score (nSPS) is 17.4. The molecule has 162 valence electrons. The van der Waals surface area contributed by atoms with Crippen molar-refractivity contribution in [3.8, 4) is 0 Å². The lowest BCUT2D eigenvalue weighted by molar-refractivity contribution is -0.137. The molecule has 3 aromatic rings. The number of rotatable bonds is 4. The molecule has 0 saturated carbocycles. The molecule has 0 bridgehead atoms. The number of nitrogens with one attached hydrogen (secondary N) is 2. The third-order valence-electron chi connectivity index (χ3n) is 5.09.